The highest BCUT2D eigenvalue weighted by atomic mass is 16.5. The Morgan fingerprint density at radius 2 is 1.90 bits per heavy atom. The van der Waals surface area contributed by atoms with Gasteiger partial charge in [-0.05, 0) is 72.2 Å². The minimum atomic E-state index is 0.949. The van der Waals surface area contributed by atoms with Gasteiger partial charge in [-0.1, -0.05) is 18.6 Å². The van der Waals surface area contributed by atoms with Gasteiger partial charge in [0.1, 0.15) is 5.75 Å². The highest BCUT2D eigenvalue weighted by Crippen LogP contribution is 2.36. The number of methoxy groups -OCH3 is 1. The number of hydrogen-bond acceptors (Lipinski definition) is 2. The number of fused-ring (bicyclic) bond motifs is 1. The Morgan fingerprint density at radius 3 is 2.62 bits per heavy atom. The Morgan fingerprint density at radius 1 is 1.10 bits per heavy atom. The molecule has 0 aliphatic heterocycles. The number of nitrogens with zero attached hydrogens (tertiary/aromatic N) is 1. The topological polar surface area (TPSA) is 22.1 Å². The summed E-state index contributed by atoms with van der Waals surface area (Å²) in [6.07, 6.45) is 8.14. The summed E-state index contributed by atoms with van der Waals surface area (Å²) in [6, 6.07) is 10.7. The van der Waals surface area contributed by atoms with Crippen LogP contribution in [0.5, 0.6) is 5.75 Å². The van der Waals surface area contributed by atoms with Crippen LogP contribution in [0.25, 0.3) is 5.57 Å². The van der Waals surface area contributed by atoms with Crippen molar-refractivity contribution in [2.75, 3.05) is 7.11 Å². The van der Waals surface area contributed by atoms with E-state index in [-0.39, 0.29) is 0 Å². The molecule has 0 saturated carbocycles. The molecule has 0 saturated heterocycles. The second-order valence-corrected chi connectivity index (χ2v) is 5.49. The van der Waals surface area contributed by atoms with Crippen molar-refractivity contribution in [3.8, 4) is 5.75 Å². The van der Waals surface area contributed by atoms with E-state index in [1.165, 1.54) is 22.3 Å². The SMILES string of the molecule is CCC1=C(Cc2ccncc2)CCc2ccc(OC)cc21. The summed E-state index contributed by atoms with van der Waals surface area (Å²) in [4.78, 5) is 4.10. The fourth-order valence-corrected chi connectivity index (χ4v) is 3.19. The van der Waals surface area contributed by atoms with Crippen LogP contribution in [0, 0.1) is 0 Å². The number of aryl methyl sites for hydroxylation is 1. The summed E-state index contributed by atoms with van der Waals surface area (Å²) in [5, 5.41) is 0. The van der Waals surface area contributed by atoms with Crippen LogP contribution in [0.15, 0.2) is 48.3 Å². The first-order valence-corrected chi connectivity index (χ1v) is 7.59. The van der Waals surface area contributed by atoms with Gasteiger partial charge in [-0.25, -0.2) is 0 Å². The van der Waals surface area contributed by atoms with Crippen molar-refractivity contribution in [1.82, 2.24) is 4.98 Å². The van der Waals surface area contributed by atoms with Crippen molar-refractivity contribution in [2.24, 2.45) is 0 Å². The summed E-state index contributed by atoms with van der Waals surface area (Å²) in [5.41, 5.74) is 7.23. The van der Waals surface area contributed by atoms with E-state index >= 15 is 0 Å². The summed E-state index contributed by atoms with van der Waals surface area (Å²) in [7, 11) is 1.73. The molecule has 0 N–H and O–H groups in total. The average molecular weight is 279 g/mol. The molecule has 21 heavy (non-hydrogen) atoms. The lowest BCUT2D eigenvalue weighted by Crippen LogP contribution is -2.07. The fourth-order valence-electron chi connectivity index (χ4n) is 3.19. The number of rotatable bonds is 4. The summed E-state index contributed by atoms with van der Waals surface area (Å²) in [5.74, 6) is 0.949. The maximum Gasteiger partial charge on any atom is 0.119 e. The van der Waals surface area contributed by atoms with Gasteiger partial charge in [0.05, 0.1) is 7.11 Å². The van der Waals surface area contributed by atoms with Gasteiger partial charge in [0.15, 0.2) is 0 Å². The lowest BCUT2D eigenvalue weighted by molar-refractivity contribution is 0.414. The van der Waals surface area contributed by atoms with E-state index in [9.17, 15) is 0 Å². The molecule has 0 unspecified atom stereocenters. The second-order valence-electron chi connectivity index (χ2n) is 5.49. The molecule has 0 radical (unpaired) electrons. The van der Waals surface area contributed by atoms with E-state index in [0.717, 1.165) is 31.4 Å². The van der Waals surface area contributed by atoms with Crippen LogP contribution in [-0.4, -0.2) is 12.1 Å². The number of aromatic nitrogens is 1. The van der Waals surface area contributed by atoms with Gasteiger partial charge in [0.2, 0.25) is 0 Å². The Balaban J connectivity index is 2.00. The predicted octanol–water partition coefficient (Wildman–Crippen LogP) is 4.44. The fraction of sp³-hybridized carbons (Fsp3) is 0.316. The van der Waals surface area contributed by atoms with E-state index < -0.39 is 0 Å². The third kappa shape index (κ3) is 2.85. The average Bonchev–Trinajstić information content (AvgIpc) is 2.55. The number of benzene rings is 1. The molecular formula is C19H21NO. The van der Waals surface area contributed by atoms with E-state index in [1.54, 1.807) is 12.7 Å². The maximum absolute atomic E-state index is 5.40. The van der Waals surface area contributed by atoms with E-state index in [0.29, 0.717) is 0 Å². The van der Waals surface area contributed by atoms with Crippen LogP contribution in [-0.2, 0) is 12.8 Å². The smallest absolute Gasteiger partial charge is 0.119 e. The molecule has 0 amide bonds. The molecule has 1 aliphatic carbocycles. The van der Waals surface area contributed by atoms with E-state index in [4.69, 9.17) is 4.74 Å². The Kier molecular flexibility index (Phi) is 4.05. The standard InChI is InChI=1S/C19H21NO/c1-3-18-16(12-14-8-10-20-11-9-14)5-4-15-6-7-17(21-2)13-19(15)18/h6-11,13H,3-5,12H2,1-2H3. The molecule has 3 rings (SSSR count). The molecule has 1 aromatic heterocycles. The molecule has 1 aromatic carbocycles. The molecule has 0 atom stereocenters. The normalized spacial score (nSPS) is 14.0. The molecular weight excluding hydrogens is 258 g/mol. The third-order valence-electron chi connectivity index (χ3n) is 4.29. The van der Waals surface area contributed by atoms with Crippen molar-refractivity contribution in [2.45, 2.75) is 32.6 Å². The quantitative estimate of drug-likeness (QED) is 0.825. The van der Waals surface area contributed by atoms with Gasteiger partial charge in [-0.15, -0.1) is 0 Å². The second kappa shape index (κ2) is 6.13. The van der Waals surface area contributed by atoms with E-state index in [2.05, 4.69) is 42.2 Å². The molecule has 1 aliphatic rings. The molecule has 2 nitrogen and oxygen atoms in total. The predicted molar refractivity (Wildman–Crippen MR) is 86.5 cm³/mol. The minimum Gasteiger partial charge on any atom is -0.497 e. The van der Waals surface area contributed by atoms with Gasteiger partial charge in [0, 0.05) is 12.4 Å². The van der Waals surface area contributed by atoms with Crippen molar-refractivity contribution in [3.05, 3.63) is 65.0 Å². The van der Waals surface area contributed by atoms with Crippen molar-refractivity contribution < 1.29 is 4.74 Å². The summed E-state index contributed by atoms with van der Waals surface area (Å²) < 4.78 is 5.40. The Labute approximate surface area is 126 Å². The van der Waals surface area contributed by atoms with Crippen LogP contribution >= 0.6 is 0 Å². The van der Waals surface area contributed by atoms with Gasteiger partial charge >= 0.3 is 0 Å². The van der Waals surface area contributed by atoms with Gasteiger partial charge < -0.3 is 4.74 Å². The zero-order valence-electron chi connectivity index (χ0n) is 12.7. The van der Waals surface area contributed by atoms with Crippen molar-refractivity contribution in [3.63, 3.8) is 0 Å². The first-order chi connectivity index (χ1) is 10.3. The van der Waals surface area contributed by atoms with Crippen molar-refractivity contribution in [1.29, 1.82) is 0 Å². The molecule has 0 bridgehead atoms. The zero-order valence-corrected chi connectivity index (χ0v) is 12.7. The molecule has 2 heteroatoms. The highest BCUT2D eigenvalue weighted by Gasteiger charge is 2.18. The number of allylic oxidation sites excluding steroid dienone is 2. The molecule has 2 aromatic rings. The lowest BCUT2D eigenvalue weighted by atomic mass is 9.82. The molecule has 0 spiro atoms. The number of pyridine rings is 1. The molecule has 1 heterocycles. The van der Waals surface area contributed by atoms with Crippen LogP contribution < -0.4 is 4.74 Å². The van der Waals surface area contributed by atoms with Crippen molar-refractivity contribution >= 4 is 5.57 Å². The lowest BCUT2D eigenvalue weighted by Gasteiger charge is -2.24. The summed E-state index contributed by atoms with van der Waals surface area (Å²) in [6.45, 7) is 2.25. The van der Waals surface area contributed by atoms with Gasteiger partial charge in [-0.3, -0.25) is 4.98 Å². The first kappa shape index (κ1) is 13.9. The van der Waals surface area contributed by atoms with Gasteiger partial charge in [-0.2, -0.15) is 0 Å². The largest absolute Gasteiger partial charge is 0.497 e. The first-order valence-electron chi connectivity index (χ1n) is 7.59. The number of ether oxygens (including phenoxy) is 1. The maximum atomic E-state index is 5.40. The monoisotopic (exact) mass is 279 g/mol. The molecule has 0 fully saturated rings. The highest BCUT2D eigenvalue weighted by molar-refractivity contribution is 5.74. The van der Waals surface area contributed by atoms with Gasteiger partial charge in [0.25, 0.3) is 0 Å². The minimum absolute atomic E-state index is 0.949. The van der Waals surface area contributed by atoms with Crippen LogP contribution in [0.2, 0.25) is 0 Å². The van der Waals surface area contributed by atoms with Crippen LogP contribution in [0.1, 0.15) is 36.5 Å². The third-order valence-corrected chi connectivity index (χ3v) is 4.29. The van der Waals surface area contributed by atoms with E-state index in [1.807, 2.05) is 12.4 Å². The summed E-state index contributed by atoms with van der Waals surface area (Å²) >= 11 is 0. The van der Waals surface area contributed by atoms with Crippen LogP contribution in [0.3, 0.4) is 0 Å². The zero-order chi connectivity index (χ0) is 14.7. The van der Waals surface area contributed by atoms with Crippen LogP contribution in [0.4, 0.5) is 0 Å². The Bertz CT molecular complexity index is 659. The molecule has 108 valence electrons. The Hall–Kier alpha value is -2.09. The number of hydrogen-bond donors (Lipinski definition) is 0.